The Kier molecular flexibility index (Phi) is 6.93. The van der Waals surface area contributed by atoms with E-state index in [1.54, 1.807) is 34.3 Å². The van der Waals surface area contributed by atoms with Crippen molar-refractivity contribution in [3.63, 3.8) is 0 Å². The lowest BCUT2D eigenvalue weighted by molar-refractivity contribution is -0.127. The van der Waals surface area contributed by atoms with Gasteiger partial charge in [-0.25, -0.2) is 0 Å². The van der Waals surface area contributed by atoms with Gasteiger partial charge in [-0.1, -0.05) is 12.1 Å². The zero-order chi connectivity index (χ0) is 20.0. The third-order valence-electron chi connectivity index (χ3n) is 4.26. The van der Waals surface area contributed by atoms with Crippen molar-refractivity contribution in [2.45, 2.75) is 33.4 Å². The van der Waals surface area contributed by atoms with E-state index in [4.69, 9.17) is 18.9 Å². The number of rotatable bonds is 8. The normalized spacial score (nSPS) is 11.5. The van der Waals surface area contributed by atoms with Gasteiger partial charge in [-0.2, -0.15) is 0 Å². The maximum atomic E-state index is 12.5. The van der Waals surface area contributed by atoms with Crippen LogP contribution in [0.4, 0.5) is 0 Å². The summed E-state index contributed by atoms with van der Waals surface area (Å²) in [6.45, 7) is 5.94. The predicted molar refractivity (Wildman–Crippen MR) is 104 cm³/mol. The van der Waals surface area contributed by atoms with Gasteiger partial charge in [-0.15, -0.1) is 0 Å². The van der Waals surface area contributed by atoms with Crippen LogP contribution in [0.2, 0.25) is 0 Å². The van der Waals surface area contributed by atoms with Crippen LogP contribution >= 0.6 is 0 Å². The SMILES string of the molecule is COc1ccc(CNC(=O)[C@@H](C)Oc2cc(C)ccc2C)c(OC)c1OC. The van der Waals surface area contributed by atoms with Crippen LogP contribution in [-0.2, 0) is 11.3 Å². The quantitative estimate of drug-likeness (QED) is 0.768. The number of amides is 1. The van der Waals surface area contributed by atoms with Crippen LogP contribution in [0.25, 0.3) is 0 Å². The molecular formula is C21H27NO5. The highest BCUT2D eigenvalue weighted by Gasteiger charge is 2.19. The topological polar surface area (TPSA) is 66.0 Å². The maximum absolute atomic E-state index is 12.5. The van der Waals surface area contributed by atoms with Crippen molar-refractivity contribution in [2.75, 3.05) is 21.3 Å². The van der Waals surface area contributed by atoms with Crippen molar-refractivity contribution >= 4 is 5.91 Å². The van der Waals surface area contributed by atoms with Crippen LogP contribution in [0.1, 0.15) is 23.6 Å². The first-order chi connectivity index (χ1) is 12.9. The van der Waals surface area contributed by atoms with E-state index in [9.17, 15) is 4.79 Å². The summed E-state index contributed by atoms with van der Waals surface area (Å²) in [5.41, 5.74) is 2.85. The monoisotopic (exact) mass is 373 g/mol. The summed E-state index contributed by atoms with van der Waals surface area (Å²) in [5, 5.41) is 2.88. The van der Waals surface area contributed by atoms with E-state index in [-0.39, 0.29) is 12.5 Å². The molecule has 0 radical (unpaired) electrons. The first-order valence-electron chi connectivity index (χ1n) is 8.70. The Labute approximate surface area is 160 Å². The second-order valence-electron chi connectivity index (χ2n) is 6.24. The predicted octanol–water partition coefficient (Wildman–Crippen LogP) is 3.41. The van der Waals surface area contributed by atoms with Crippen molar-refractivity contribution in [2.24, 2.45) is 0 Å². The molecular weight excluding hydrogens is 346 g/mol. The zero-order valence-electron chi connectivity index (χ0n) is 16.7. The van der Waals surface area contributed by atoms with Gasteiger partial charge in [0, 0.05) is 12.1 Å². The molecule has 27 heavy (non-hydrogen) atoms. The summed E-state index contributed by atoms with van der Waals surface area (Å²) in [6.07, 6.45) is -0.628. The van der Waals surface area contributed by atoms with E-state index in [1.165, 1.54) is 0 Å². The second kappa shape index (κ2) is 9.16. The molecule has 2 aromatic rings. The molecule has 0 aliphatic carbocycles. The molecule has 0 unspecified atom stereocenters. The zero-order valence-corrected chi connectivity index (χ0v) is 16.7. The molecule has 0 aromatic heterocycles. The molecule has 0 aliphatic rings. The average Bonchev–Trinajstić information content (AvgIpc) is 2.67. The molecule has 0 aliphatic heterocycles. The van der Waals surface area contributed by atoms with Crippen LogP contribution in [0.3, 0.4) is 0 Å². The van der Waals surface area contributed by atoms with Gasteiger partial charge < -0.3 is 24.3 Å². The van der Waals surface area contributed by atoms with Gasteiger partial charge in [-0.05, 0) is 50.1 Å². The van der Waals surface area contributed by atoms with Crippen molar-refractivity contribution < 1.29 is 23.7 Å². The standard InChI is InChI=1S/C21H27NO5/c1-13-7-8-14(2)18(11-13)27-15(3)21(23)22-12-16-9-10-17(24-4)20(26-6)19(16)25-5/h7-11,15H,12H2,1-6H3,(H,22,23)/t15-/m1/s1. The number of hydrogen-bond donors (Lipinski definition) is 1. The summed E-state index contributed by atoms with van der Waals surface area (Å²) in [4.78, 5) is 12.5. The molecule has 0 bridgehead atoms. The van der Waals surface area contributed by atoms with E-state index in [0.717, 1.165) is 16.7 Å². The van der Waals surface area contributed by atoms with Gasteiger partial charge in [0.1, 0.15) is 5.75 Å². The van der Waals surface area contributed by atoms with E-state index in [2.05, 4.69) is 5.32 Å². The number of ether oxygens (including phenoxy) is 4. The molecule has 146 valence electrons. The van der Waals surface area contributed by atoms with Crippen molar-refractivity contribution in [3.05, 3.63) is 47.0 Å². The smallest absolute Gasteiger partial charge is 0.261 e. The number of benzene rings is 2. The number of hydrogen-bond acceptors (Lipinski definition) is 5. The highest BCUT2D eigenvalue weighted by Crippen LogP contribution is 2.39. The van der Waals surface area contributed by atoms with Crippen molar-refractivity contribution in [1.82, 2.24) is 5.32 Å². The lowest BCUT2D eigenvalue weighted by Gasteiger charge is -2.18. The molecule has 2 rings (SSSR count). The number of carbonyl (C=O) groups excluding carboxylic acids is 1. The van der Waals surface area contributed by atoms with Gasteiger partial charge >= 0.3 is 0 Å². The highest BCUT2D eigenvalue weighted by molar-refractivity contribution is 5.80. The third-order valence-corrected chi connectivity index (χ3v) is 4.26. The van der Waals surface area contributed by atoms with E-state index in [0.29, 0.717) is 23.0 Å². The van der Waals surface area contributed by atoms with Gasteiger partial charge in [0.15, 0.2) is 17.6 Å². The maximum Gasteiger partial charge on any atom is 0.261 e. The minimum atomic E-state index is -0.628. The summed E-state index contributed by atoms with van der Waals surface area (Å²) in [6, 6.07) is 9.52. The number of methoxy groups -OCH3 is 3. The molecule has 2 aromatic carbocycles. The fraction of sp³-hybridized carbons (Fsp3) is 0.381. The number of aryl methyl sites for hydroxylation is 2. The lowest BCUT2D eigenvalue weighted by atomic mass is 10.1. The summed E-state index contributed by atoms with van der Waals surface area (Å²) >= 11 is 0. The van der Waals surface area contributed by atoms with Gasteiger partial charge in [0.25, 0.3) is 5.91 Å². The molecule has 1 atom stereocenters. The Morgan fingerprint density at radius 2 is 1.67 bits per heavy atom. The Hall–Kier alpha value is -2.89. The average molecular weight is 373 g/mol. The number of carbonyl (C=O) groups is 1. The minimum absolute atomic E-state index is 0.215. The summed E-state index contributed by atoms with van der Waals surface area (Å²) in [7, 11) is 4.66. The molecule has 1 N–H and O–H groups in total. The molecule has 0 fully saturated rings. The molecule has 0 heterocycles. The van der Waals surface area contributed by atoms with E-state index in [1.807, 2.05) is 38.1 Å². The largest absolute Gasteiger partial charge is 0.493 e. The van der Waals surface area contributed by atoms with Crippen LogP contribution in [0.15, 0.2) is 30.3 Å². The Morgan fingerprint density at radius 3 is 2.30 bits per heavy atom. The first kappa shape index (κ1) is 20.4. The molecule has 0 spiro atoms. The van der Waals surface area contributed by atoms with Gasteiger partial charge in [0.2, 0.25) is 5.75 Å². The Balaban J connectivity index is 2.07. The summed E-state index contributed by atoms with van der Waals surface area (Å²) < 4.78 is 21.9. The molecule has 0 saturated heterocycles. The fourth-order valence-electron chi connectivity index (χ4n) is 2.71. The summed E-state index contributed by atoms with van der Waals surface area (Å²) in [5.74, 6) is 2.08. The number of nitrogens with one attached hydrogen (secondary N) is 1. The molecule has 0 saturated carbocycles. The highest BCUT2D eigenvalue weighted by atomic mass is 16.5. The minimum Gasteiger partial charge on any atom is -0.493 e. The van der Waals surface area contributed by atoms with Gasteiger partial charge in [0.05, 0.1) is 21.3 Å². The molecule has 6 heteroatoms. The second-order valence-corrected chi connectivity index (χ2v) is 6.24. The molecule has 1 amide bonds. The van der Waals surface area contributed by atoms with Crippen LogP contribution in [0, 0.1) is 13.8 Å². The van der Waals surface area contributed by atoms with E-state index >= 15 is 0 Å². The van der Waals surface area contributed by atoms with Crippen molar-refractivity contribution in [1.29, 1.82) is 0 Å². The van der Waals surface area contributed by atoms with Crippen LogP contribution in [0.5, 0.6) is 23.0 Å². The Bertz CT molecular complexity index is 803. The third kappa shape index (κ3) is 4.84. The van der Waals surface area contributed by atoms with Gasteiger partial charge in [-0.3, -0.25) is 4.79 Å². The van der Waals surface area contributed by atoms with Crippen molar-refractivity contribution in [3.8, 4) is 23.0 Å². The fourth-order valence-corrected chi connectivity index (χ4v) is 2.71. The van der Waals surface area contributed by atoms with Crippen LogP contribution < -0.4 is 24.3 Å². The van der Waals surface area contributed by atoms with Crippen LogP contribution in [-0.4, -0.2) is 33.3 Å². The Morgan fingerprint density at radius 1 is 0.963 bits per heavy atom. The lowest BCUT2D eigenvalue weighted by Crippen LogP contribution is -2.36. The first-order valence-corrected chi connectivity index (χ1v) is 8.70. The molecule has 6 nitrogen and oxygen atoms in total. The van der Waals surface area contributed by atoms with E-state index < -0.39 is 6.10 Å².